The Hall–Kier alpha value is -3.77. The topological polar surface area (TPSA) is 62.3 Å². The van der Waals surface area contributed by atoms with E-state index in [4.69, 9.17) is 4.98 Å². The lowest BCUT2D eigenvalue weighted by Crippen LogP contribution is -2.28. The molecule has 3 aromatic carbocycles. The van der Waals surface area contributed by atoms with Crippen LogP contribution in [0.4, 0.5) is 5.69 Å². The summed E-state index contributed by atoms with van der Waals surface area (Å²) in [6, 6.07) is 27.6. The van der Waals surface area contributed by atoms with E-state index in [1.165, 1.54) is 0 Å². The van der Waals surface area contributed by atoms with Crippen LogP contribution in [0.5, 0.6) is 0 Å². The van der Waals surface area contributed by atoms with E-state index in [9.17, 15) is 9.59 Å². The van der Waals surface area contributed by atoms with Crippen LogP contribution in [0.25, 0.3) is 21.8 Å². The summed E-state index contributed by atoms with van der Waals surface area (Å²) in [7, 11) is 0. The van der Waals surface area contributed by atoms with Crippen LogP contribution >= 0.6 is 11.3 Å². The van der Waals surface area contributed by atoms with E-state index in [0.717, 1.165) is 33.1 Å². The van der Waals surface area contributed by atoms with Gasteiger partial charge in [0.05, 0.1) is 11.6 Å². The second-order valence-corrected chi connectivity index (χ2v) is 8.99. The highest BCUT2D eigenvalue weighted by molar-refractivity contribution is 7.13. The molecule has 1 aromatic heterocycles. The molecule has 1 N–H and O–H groups in total. The molecular formula is C27H23N3O2S. The number of aromatic nitrogens is 1. The van der Waals surface area contributed by atoms with Gasteiger partial charge in [-0.05, 0) is 17.7 Å². The average molecular weight is 454 g/mol. The molecule has 0 saturated carbocycles. The largest absolute Gasteiger partial charge is 0.338 e. The molecule has 0 aliphatic carbocycles. The molecule has 2 amide bonds. The molecule has 2 heterocycles. The third-order valence-corrected chi connectivity index (χ3v) is 6.67. The van der Waals surface area contributed by atoms with E-state index in [-0.39, 0.29) is 24.2 Å². The minimum atomic E-state index is -0.340. The molecule has 0 bridgehead atoms. The van der Waals surface area contributed by atoms with Crippen LogP contribution in [-0.4, -0.2) is 28.2 Å². The fourth-order valence-corrected chi connectivity index (χ4v) is 4.83. The summed E-state index contributed by atoms with van der Waals surface area (Å²) >= 11 is 1.61. The Balaban J connectivity index is 1.20. The Morgan fingerprint density at radius 2 is 1.64 bits per heavy atom. The number of rotatable bonds is 6. The number of carbonyl (C=O) groups is 2. The normalized spacial score (nSPS) is 15.6. The number of carbonyl (C=O) groups excluding carboxylic acids is 2. The number of amides is 2. The minimum absolute atomic E-state index is 0.0205. The van der Waals surface area contributed by atoms with E-state index in [1.54, 1.807) is 16.2 Å². The van der Waals surface area contributed by atoms with Gasteiger partial charge in [-0.25, -0.2) is 4.98 Å². The second kappa shape index (κ2) is 9.38. The highest BCUT2D eigenvalue weighted by Gasteiger charge is 2.34. The molecule has 1 aliphatic rings. The van der Waals surface area contributed by atoms with E-state index in [1.807, 2.05) is 78.2 Å². The summed E-state index contributed by atoms with van der Waals surface area (Å²) in [5.74, 6) is -0.438. The Kier molecular flexibility index (Phi) is 6.00. The maximum atomic E-state index is 12.8. The lowest BCUT2D eigenvalue weighted by Gasteiger charge is -2.16. The summed E-state index contributed by atoms with van der Waals surface area (Å²) in [6.45, 7) is 0.982. The zero-order chi connectivity index (χ0) is 22.6. The minimum Gasteiger partial charge on any atom is -0.338 e. The first-order chi connectivity index (χ1) is 16.2. The van der Waals surface area contributed by atoms with Crippen LogP contribution in [0.1, 0.15) is 12.0 Å². The fraction of sp³-hybridized carbons (Fsp3) is 0.148. The number of hydrogen-bond acceptors (Lipinski definition) is 4. The first kappa shape index (κ1) is 21.1. The second-order valence-electron chi connectivity index (χ2n) is 8.13. The monoisotopic (exact) mass is 453 g/mol. The number of likely N-dealkylation sites (tertiary alicyclic amines) is 1. The average Bonchev–Trinajstić information content (AvgIpc) is 3.48. The molecule has 0 spiro atoms. The molecule has 5 nitrogen and oxygen atoms in total. The molecule has 1 atom stereocenters. The van der Waals surface area contributed by atoms with Crippen molar-refractivity contribution in [2.45, 2.75) is 13.0 Å². The molecule has 164 valence electrons. The van der Waals surface area contributed by atoms with Gasteiger partial charge in [-0.2, -0.15) is 0 Å². The number of nitrogens with zero attached hydrogens (tertiary/aromatic N) is 2. The standard InChI is InChI=1S/C27H23N3O2S/c31-25-15-22(17-30(25)16-19-7-3-1-4-8-19)26(32)28-23-13-11-20(12-14-23)24-18-33-27(29-24)21-9-5-2-6-10-21/h1-14,18,22H,15-17H2,(H,28,32). The molecule has 1 saturated heterocycles. The predicted octanol–water partition coefficient (Wildman–Crippen LogP) is 5.46. The Bertz CT molecular complexity index is 1250. The van der Waals surface area contributed by atoms with Gasteiger partial charge in [0, 0.05) is 41.7 Å². The van der Waals surface area contributed by atoms with Crippen molar-refractivity contribution in [3.63, 3.8) is 0 Å². The molecular weight excluding hydrogens is 430 g/mol. The number of thiazole rings is 1. The third kappa shape index (κ3) is 4.86. The van der Waals surface area contributed by atoms with Gasteiger partial charge in [0.25, 0.3) is 0 Å². The fourth-order valence-electron chi connectivity index (χ4n) is 3.99. The summed E-state index contributed by atoms with van der Waals surface area (Å²) < 4.78 is 0. The van der Waals surface area contributed by atoms with Crippen LogP contribution in [0.3, 0.4) is 0 Å². The molecule has 1 unspecified atom stereocenters. The van der Waals surface area contributed by atoms with Crippen molar-refractivity contribution < 1.29 is 9.59 Å². The molecule has 1 fully saturated rings. The summed E-state index contributed by atoms with van der Waals surface area (Å²) in [5, 5.41) is 5.99. The van der Waals surface area contributed by atoms with E-state index in [2.05, 4.69) is 17.4 Å². The molecule has 1 aliphatic heterocycles. The van der Waals surface area contributed by atoms with Gasteiger partial charge in [0.15, 0.2) is 0 Å². The van der Waals surface area contributed by atoms with Crippen LogP contribution in [0, 0.1) is 5.92 Å². The highest BCUT2D eigenvalue weighted by atomic mass is 32.1. The number of nitrogens with one attached hydrogen (secondary N) is 1. The van der Waals surface area contributed by atoms with Crippen molar-refractivity contribution in [2.24, 2.45) is 5.92 Å². The first-order valence-electron chi connectivity index (χ1n) is 10.9. The van der Waals surface area contributed by atoms with E-state index >= 15 is 0 Å². The molecule has 0 radical (unpaired) electrons. The van der Waals surface area contributed by atoms with Crippen LogP contribution in [-0.2, 0) is 16.1 Å². The maximum absolute atomic E-state index is 12.8. The van der Waals surface area contributed by atoms with Crippen molar-refractivity contribution in [1.82, 2.24) is 9.88 Å². The molecule has 6 heteroatoms. The lowest BCUT2D eigenvalue weighted by atomic mass is 10.1. The van der Waals surface area contributed by atoms with Gasteiger partial charge in [-0.3, -0.25) is 9.59 Å². The SMILES string of the molecule is O=C(Nc1ccc(-c2csc(-c3ccccc3)n2)cc1)C1CC(=O)N(Cc2ccccc2)C1. The molecule has 5 rings (SSSR count). The smallest absolute Gasteiger partial charge is 0.229 e. The third-order valence-electron chi connectivity index (χ3n) is 5.77. The summed E-state index contributed by atoms with van der Waals surface area (Å²) in [4.78, 5) is 31.7. The van der Waals surface area contributed by atoms with E-state index in [0.29, 0.717) is 13.1 Å². The van der Waals surface area contributed by atoms with Crippen LogP contribution in [0.15, 0.2) is 90.3 Å². The van der Waals surface area contributed by atoms with E-state index < -0.39 is 0 Å². The Morgan fingerprint density at radius 1 is 0.939 bits per heavy atom. The lowest BCUT2D eigenvalue weighted by molar-refractivity contribution is -0.128. The van der Waals surface area contributed by atoms with Crippen molar-refractivity contribution in [2.75, 3.05) is 11.9 Å². The van der Waals surface area contributed by atoms with Crippen molar-refractivity contribution in [1.29, 1.82) is 0 Å². The van der Waals surface area contributed by atoms with Crippen LogP contribution < -0.4 is 5.32 Å². The Labute approximate surface area is 196 Å². The molecule has 33 heavy (non-hydrogen) atoms. The number of hydrogen-bond donors (Lipinski definition) is 1. The predicted molar refractivity (Wildman–Crippen MR) is 132 cm³/mol. The molecule has 4 aromatic rings. The maximum Gasteiger partial charge on any atom is 0.229 e. The Morgan fingerprint density at radius 3 is 2.36 bits per heavy atom. The highest BCUT2D eigenvalue weighted by Crippen LogP contribution is 2.29. The van der Waals surface area contributed by atoms with Gasteiger partial charge in [0.2, 0.25) is 11.8 Å². The van der Waals surface area contributed by atoms with Crippen molar-refractivity contribution in [3.8, 4) is 21.8 Å². The van der Waals surface area contributed by atoms with Gasteiger partial charge in [-0.15, -0.1) is 11.3 Å². The zero-order valence-electron chi connectivity index (χ0n) is 18.0. The zero-order valence-corrected chi connectivity index (χ0v) is 18.8. The van der Waals surface area contributed by atoms with Gasteiger partial charge < -0.3 is 10.2 Å². The van der Waals surface area contributed by atoms with Gasteiger partial charge in [-0.1, -0.05) is 72.8 Å². The summed E-state index contributed by atoms with van der Waals surface area (Å²) in [6.07, 6.45) is 0.248. The summed E-state index contributed by atoms with van der Waals surface area (Å²) in [5.41, 5.74) is 4.80. The van der Waals surface area contributed by atoms with Crippen molar-refractivity contribution >= 4 is 28.8 Å². The number of anilines is 1. The van der Waals surface area contributed by atoms with Gasteiger partial charge in [0.1, 0.15) is 5.01 Å². The van der Waals surface area contributed by atoms with Crippen molar-refractivity contribution in [3.05, 3.63) is 95.9 Å². The van der Waals surface area contributed by atoms with Gasteiger partial charge >= 0.3 is 0 Å². The quantitative estimate of drug-likeness (QED) is 0.421. The van der Waals surface area contributed by atoms with Crippen LogP contribution in [0.2, 0.25) is 0 Å². The first-order valence-corrected chi connectivity index (χ1v) is 11.8. The number of benzene rings is 3.